The van der Waals surface area contributed by atoms with Crippen LogP contribution in [0.5, 0.6) is 5.88 Å². The predicted molar refractivity (Wildman–Crippen MR) is 270 cm³/mol. The van der Waals surface area contributed by atoms with Gasteiger partial charge in [-0.3, -0.25) is 9.52 Å². The van der Waals surface area contributed by atoms with E-state index in [4.69, 9.17) is 24.0 Å². The molecule has 1 saturated heterocycles. The monoisotopic (exact) mass is 1040 g/mol. The van der Waals surface area contributed by atoms with Crippen LogP contribution in [0.1, 0.15) is 51.2 Å². The number of benzene rings is 2. The van der Waals surface area contributed by atoms with Crippen molar-refractivity contribution in [2.24, 2.45) is 12.1 Å². The molecule has 0 spiro atoms. The highest BCUT2D eigenvalue weighted by Crippen LogP contribution is 2.51. The molecule has 0 unspecified atom stereocenters. The Balaban J connectivity index is 1.02. The van der Waals surface area contributed by atoms with Crippen molar-refractivity contribution in [3.8, 4) is 5.88 Å². The summed E-state index contributed by atoms with van der Waals surface area (Å²) < 4.78 is 65.0. The zero-order valence-electron chi connectivity index (χ0n) is 41.9. The molecule has 0 bridgehead atoms. The van der Waals surface area contributed by atoms with Gasteiger partial charge in [-0.05, 0) is 69.8 Å². The first-order chi connectivity index (χ1) is 34.1. The molecular weight excluding hydrogens is 976 g/mol. The maximum absolute atomic E-state index is 15.4. The molecular formula is C47H62F3N13O7SSi. The molecule has 0 saturated carbocycles. The van der Waals surface area contributed by atoms with Gasteiger partial charge in [-0.25, -0.2) is 37.6 Å². The number of aryl methyl sites for hydroxylation is 2. The minimum absolute atomic E-state index is 0.0443. The highest BCUT2D eigenvalue weighted by molar-refractivity contribution is 8.15. The number of rotatable bonds is 19. The molecule has 3 N–H and O–H groups in total. The molecule has 7 rings (SSSR count). The molecule has 72 heavy (non-hydrogen) atoms. The van der Waals surface area contributed by atoms with Crippen LogP contribution in [-0.2, 0) is 32.8 Å². The van der Waals surface area contributed by atoms with E-state index in [0.717, 1.165) is 41.1 Å². The zero-order chi connectivity index (χ0) is 52.0. The van der Waals surface area contributed by atoms with Gasteiger partial charge in [0.25, 0.3) is 5.88 Å². The van der Waals surface area contributed by atoms with Gasteiger partial charge in [0, 0.05) is 47.4 Å². The van der Waals surface area contributed by atoms with E-state index in [0.29, 0.717) is 47.6 Å². The third-order valence-corrected chi connectivity index (χ3v) is 14.6. The van der Waals surface area contributed by atoms with Crippen LogP contribution < -0.4 is 25.6 Å². The lowest BCUT2D eigenvalue weighted by atomic mass is 10.0. The number of hydrogen-bond acceptors (Lipinski definition) is 15. The van der Waals surface area contributed by atoms with Gasteiger partial charge in [-0.1, -0.05) is 61.7 Å². The van der Waals surface area contributed by atoms with Gasteiger partial charge in [0.05, 0.1) is 45.4 Å². The number of hydroxylamine groups is 2. The summed E-state index contributed by atoms with van der Waals surface area (Å²) >= 11 is 1.10. The second-order valence-electron chi connectivity index (χ2n) is 19.6. The molecule has 0 radical (unpaired) electrons. The summed E-state index contributed by atoms with van der Waals surface area (Å²) in [6.45, 7) is 12.7. The number of ether oxygens (including phenoxy) is 3. The van der Waals surface area contributed by atoms with Gasteiger partial charge >= 0.3 is 18.2 Å². The quantitative estimate of drug-likeness (QED) is 0.0406. The lowest BCUT2D eigenvalue weighted by Crippen LogP contribution is -2.47. The normalized spacial score (nSPS) is 18.0. The standard InChI is InChI=1S/C47H62F3N13O7SSi/c1-46(2,3)70-43(64)51-20-13-19-47(30-15-11-10-12-16-30)63(58-41(71-47)32-25-31(48)17-18-33(32)49)45(66)60(5)69-22-14-21-62-28-36(40(57-62)67-6)53-38-37-39(59(4)29-52-37)56-42(55-38)61-26-34(50)35(27-61)54-44(65)68-23-24-72(7,8)9/h10-12,15-18,25,28-29,34-35H,13-14,19-24,26-27H2,1-9H3,(H,51,64)(H,54,65)(H,53,55,56)/t34-,35-,47+/m1/s1. The third-order valence-electron chi connectivity index (χ3n) is 11.5. The maximum atomic E-state index is 15.4. The number of nitrogens with zero attached hydrogens (tertiary/aromatic N) is 10. The second-order valence-corrected chi connectivity index (χ2v) is 26.4. The van der Waals surface area contributed by atoms with Crippen LogP contribution in [0, 0.1) is 11.6 Å². The van der Waals surface area contributed by atoms with Gasteiger partial charge in [-0.2, -0.15) is 20.1 Å². The van der Waals surface area contributed by atoms with E-state index in [9.17, 15) is 18.8 Å². The summed E-state index contributed by atoms with van der Waals surface area (Å²) in [5.41, 5.74) is 1.20. The van der Waals surface area contributed by atoms with Crippen molar-refractivity contribution in [3.05, 3.63) is 83.8 Å². The molecule has 388 valence electrons. The lowest BCUT2D eigenvalue weighted by Gasteiger charge is -2.37. The maximum Gasteiger partial charge on any atom is 0.407 e. The van der Waals surface area contributed by atoms with Crippen LogP contribution in [0.3, 0.4) is 0 Å². The number of carbonyl (C=O) groups excluding carboxylic acids is 3. The van der Waals surface area contributed by atoms with Crippen molar-refractivity contribution in [3.63, 3.8) is 0 Å². The molecule has 2 aliphatic rings. The van der Waals surface area contributed by atoms with Crippen molar-refractivity contribution < 1.29 is 46.6 Å². The number of alkyl carbamates (subject to hydrolysis) is 2. The topological polar surface area (TPSA) is 208 Å². The third kappa shape index (κ3) is 13.1. The Morgan fingerprint density at radius 2 is 1.78 bits per heavy atom. The SMILES string of the molecule is COc1nn(CCCON(C)C(=O)N2N=C(c3cc(F)ccc3F)S[C@@]2(CCCNC(=O)OC(C)(C)C)c2ccccc2)cc1Nc1nc(N2C[C@@H](F)[C@H](NC(=O)OCC[Si](C)(C)C)C2)nc2c1ncn2C. The van der Waals surface area contributed by atoms with Crippen molar-refractivity contribution in [1.82, 2.24) is 50.0 Å². The molecule has 2 aliphatic heterocycles. The molecule has 25 heteroatoms. The Kier molecular flexibility index (Phi) is 16.6. The number of thioether (sulfide) groups is 1. The molecule has 1 fully saturated rings. The average Bonchev–Trinajstić information content (AvgIpc) is 4.11. The van der Waals surface area contributed by atoms with Gasteiger partial charge in [-0.15, -0.1) is 5.10 Å². The Hall–Kier alpha value is -6.60. The minimum Gasteiger partial charge on any atom is -0.478 e. The van der Waals surface area contributed by atoms with Crippen LogP contribution in [0.2, 0.25) is 25.7 Å². The van der Waals surface area contributed by atoms with Gasteiger partial charge < -0.3 is 39.6 Å². The van der Waals surface area contributed by atoms with E-state index in [1.54, 1.807) is 66.6 Å². The summed E-state index contributed by atoms with van der Waals surface area (Å²) in [6, 6.07) is 11.4. The van der Waals surface area contributed by atoms with E-state index in [1.165, 1.54) is 19.2 Å². The van der Waals surface area contributed by atoms with Crippen molar-refractivity contribution in [2.45, 2.75) is 94.9 Å². The van der Waals surface area contributed by atoms with Gasteiger partial charge in [0.1, 0.15) is 39.0 Å². The number of nitrogens with one attached hydrogen (secondary N) is 3. The number of fused-ring (bicyclic) bond motifs is 1. The van der Waals surface area contributed by atoms with E-state index in [-0.39, 0.29) is 61.7 Å². The van der Waals surface area contributed by atoms with Crippen LogP contribution in [0.15, 0.2) is 66.2 Å². The fourth-order valence-electron chi connectivity index (χ4n) is 7.81. The second kappa shape index (κ2) is 22.4. The number of halogens is 3. The van der Waals surface area contributed by atoms with Crippen LogP contribution in [-0.4, -0.2) is 136 Å². The number of aromatic nitrogens is 6. The Morgan fingerprint density at radius 1 is 1.01 bits per heavy atom. The van der Waals surface area contributed by atoms with Crippen LogP contribution in [0.4, 0.5) is 45.0 Å². The first kappa shape index (κ1) is 53.2. The highest BCUT2D eigenvalue weighted by atomic mass is 32.2. The average molecular weight is 1040 g/mol. The number of amides is 4. The summed E-state index contributed by atoms with van der Waals surface area (Å²) in [4.78, 5) is 59.8. The minimum atomic E-state index is -1.43. The number of methoxy groups -OCH3 is 1. The fourth-order valence-corrected chi connectivity index (χ4v) is 9.93. The zero-order valence-corrected chi connectivity index (χ0v) is 43.7. The summed E-state index contributed by atoms with van der Waals surface area (Å²) in [7, 11) is 3.26. The Bertz CT molecular complexity index is 2760. The van der Waals surface area contributed by atoms with Crippen LogP contribution >= 0.6 is 11.8 Å². The lowest BCUT2D eigenvalue weighted by molar-refractivity contribution is -0.112. The van der Waals surface area contributed by atoms with Crippen molar-refractivity contribution in [1.29, 1.82) is 0 Å². The highest BCUT2D eigenvalue weighted by Gasteiger charge is 2.50. The summed E-state index contributed by atoms with van der Waals surface area (Å²) in [6.07, 6.45) is 1.57. The van der Waals surface area contributed by atoms with Gasteiger partial charge in [0.2, 0.25) is 5.95 Å². The predicted octanol–water partition coefficient (Wildman–Crippen LogP) is 8.12. The summed E-state index contributed by atoms with van der Waals surface area (Å²) in [5.74, 6) is -0.620. The number of anilines is 3. The number of imidazole rings is 1. The molecule has 20 nitrogen and oxygen atoms in total. The fraction of sp³-hybridized carbons (Fsp3) is 0.489. The number of carbonyl (C=O) groups is 3. The van der Waals surface area contributed by atoms with E-state index in [1.807, 2.05) is 18.2 Å². The summed E-state index contributed by atoms with van der Waals surface area (Å²) in [5, 5.41) is 20.2. The van der Waals surface area contributed by atoms with Gasteiger partial charge in [0.15, 0.2) is 17.0 Å². The number of hydrazone groups is 1. The number of alkyl halides is 1. The molecule has 5 aromatic rings. The number of urea groups is 1. The molecule has 4 amide bonds. The molecule has 3 atom stereocenters. The van der Waals surface area contributed by atoms with E-state index >= 15 is 8.78 Å². The number of hydrogen-bond donors (Lipinski definition) is 3. The molecule has 2 aromatic carbocycles. The Labute approximate surface area is 420 Å². The van der Waals surface area contributed by atoms with Crippen LogP contribution in [0.25, 0.3) is 11.2 Å². The smallest absolute Gasteiger partial charge is 0.407 e. The first-order valence-electron chi connectivity index (χ1n) is 23.5. The first-order valence-corrected chi connectivity index (χ1v) is 28.0. The van der Waals surface area contributed by atoms with Crippen molar-refractivity contribution in [2.75, 3.05) is 57.2 Å². The molecule has 3 aromatic heterocycles. The van der Waals surface area contributed by atoms with E-state index < -0.39 is 60.6 Å². The molecule has 0 aliphatic carbocycles. The molecule has 5 heterocycles. The largest absolute Gasteiger partial charge is 0.478 e. The van der Waals surface area contributed by atoms with E-state index in [2.05, 4.69) is 55.8 Å². The van der Waals surface area contributed by atoms with Crippen molar-refractivity contribution >= 4 is 71.7 Å². The Morgan fingerprint density at radius 3 is 2.50 bits per heavy atom.